The molecular formula is C24H34N4O2. The molecule has 30 heavy (non-hydrogen) atoms. The molecule has 1 N–H and O–H groups in total. The zero-order valence-electron chi connectivity index (χ0n) is 19.0. The molecule has 0 bridgehead atoms. The molecule has 1 aliphatic rings. The number of carbonyl (C=O) groups excluding carboxylic acids is 2. The Morgan fingerprint density at radius 2 is 1.90 bits per heavy atom. The largest absolute Gasteiger partial charge is 0.348 e. The summed E-state index contributed by atoms with van der Waals surface area (Å²) in [6, 6.07) is 12.0. The zero-order valence-corrected chi connectivity index (χ0v) is 19.0. The van der Waals surface area contributed by atoms with Crippen molar-refractivity contribution in [3.05, 3.63) is 59.4 Å². The number of amides is 3. The Bertz CT molecular complexity index is 910. The fourth-order valence-corrected chi connectivity index (χ4v) is 3.96. The van der Waals surface area contributed by atoms with Crippen LogP contribution < -0.4 is 5.32 Å². The summed E-state index contributed by atoms with van der Waals surface area (Å²) in [5, 5.41) is 2.98. The first-order valence-electron chi connectivity index (χ1n) is 10.7. The van der Waals surface area contributed by atoms with E-state index in [4.69, 9.17) is 0 Å². The van der Waals surface area contributed by atoms with Crippen LogP contribution >= 0.6 is 0 Å². The molecule has 0 fully saturated rings. The van der Waals surface area contributed by atoms with E-state index in [1.54, 1.807) is 4.90 Å². The minimum absolute atomic E-state index is 0.0354. The smallest absolute Gasteiger partial charge is 0.318 e. The van der Waals surface area contributed by atoms with Gasteiger partial charge in [0.2, 0.25) is 5.91 Å². The van der Waals surface area contributed by atoms with Crippen molar-refractivity contribution in [1.29, 1.82) is 0 Å². The van der Waals surface area contributed by atoms with Gasteiger partial charge in [0.05, 0.1) is 6.04 Å². The van der Waals surface area contributed by atoms with E-state index >= 15 is 0 Å². The predicted octanol–water partition coefficient (Wildman–Crippen LogP) is 3.95. The van der Waals surface area contributed by atoms with Crippen molar-refractivity contribution in [3.63, 3.8) is 0 Å². The molecule has 0 radical (unpaired) electrons. The lowest BCUT2D eigenvalue weighted by Gasteiger charge is -2.39. The Morgan fingerprint density at radius 1 is 1.17 bits per heavy atom. The van der Waals surface area contributed by atoms with Gasteiger partial charge in [-0.3, -0.25) is 4.79 Å². The van der Waals surface area contributed by atoms with E-state index in [2.05, 4.69) is 47.3 Å². The average molecular weight is 411 g/mol. The Balaban J connectivity index is 1.88. The second-order valence-corrected chi connectivity index (χ2v) is 9.43. The van der Waals surface area contributed by atoms with Gasteiger partial charge < -0.3 is 19.7 Å². The van der Waals surface area contributed by atoms with Crippen molar-refractivity contribution >= 4 is 11.9 Å². The number of hydrogen-bond donors (Lipinski definition) is 1. The molecule has 0 unspecified atom stereocenters. The van der Waals surface area contributed by atoms with E-state index in [0.29, 0.717) is 6.54 Å². The van der Waals surface area contributed by atoms with Crippen LogP contribution in [0, 0.1) is 6.92 Å². The standard InChI is InChI=1S/C24H34N4O2/c1-17(2)28(23(30)25-24(4,5)6)16-21(29)27-14-13-26-12-8-11-20(26)22(27)19-10-7-9-18(3)15-19/h7-12,15,17,22H,13-14,16H2,1-6H3,(H,25,30)/t22-/m0/s1. The number of aryl methyl sites for hydroxylation is 1. The molecule has 162 valence electrons. The highest BCUT2D eigenvalue weighted by Gasteiger charge is 2.34. The first kappa shape index (κ1) is 21.9. The number of aromatic nitrogens is 1. The third-order valence-corrected chi connectivity index (χ3v) is 5.39. The minimum atomic E-state index is -0.358. The van der Waals surface area contributed by atoms with Crippen LogP contribution in [0.15, 0.2) is 42.6 Å². The highest BCUT2D eigenvalue weighted by Crippen LogP contribution is 2.33. The monoisotopic (exact) mass is 410 g/mol. The van der Waals surface area contributed by atoms with Gasteiger partial charge in [0.1, 0.15) is 6.54 Å². The van der Waals surface area contributed by atoms with Crippen LogP contribution in [0.4, 0.5) is 4.79 Å². The average Bonchev–Trinajstić information content (AvgIpc) is 3.12. The van der Waals surface area contributed by atoms with Crippen molar-refractivity contribution in [2.24, 2.45) is 0 Å². The lowest BCUT2D eigenvalue weighted by molar-refractivity contribution is -0.134. The number of nitrogens with one attached hydrogen (secondary N) is 1. The second-order valence-electron chi connectivity index (χ2n) is 9.43. The van der Waals surface area contributed by atoms with E-state index < -0.39 is 0 Å². The van der Waals surface area contributed by atoms with Crippen molar-refractivity contribution in [2.75, 3.05) is 13.1 Å². The lowest BCUT2D eigenvalue weighted by atomic mass is 9.98. The van der Waals surface area contributed by atoms with E-state index in [1.807, 2.05) is 51.7 Å². The molecule has 0 saturated carbocycles. The molecule has 6 heteroatoms. The zero-order chi connectivity index (χ0) is 22.1. The van der Waals surface area contributed by atoms with Crippen LogP contribution in [0.25, 0.3) is 0 Å². The van der Waals surface area contributed by atoms with Crippen LogP contribution in [0.2, 0.25) is 0 Å². The maximum absolute atomic E-state index is 13.5. The van der Waals surface area contributed by atoms with Gasteiger partial charge in [-0.15, -0.1) is 0 Å². The fraction of sp³-hybridized carbons (Fsp3) is 0.500. The second kappa shape index (κ2) is 8.54. The van der Waals surface area contributed by atoms with E-state index in [9.17, 15) is 9.59 Å². The van der Waals surface area contributed by atoms with E-state index in [-0.39, 0.29) is 36.1 Å². The minimum Gasteiger partial charge on any atom is -0.348 e. The Hall–Kier alpha value is -2.76. The molecule has 3 amide bonds. The lowest BCUT2D eigenvalue weighted by Crippen LogP contribution is -2.54. The van der Waals surface area contributed by atoms with E-state index in [1.165, 1.54) is 0 Å². The molecular weight excluding hydrogens is 376 g/mol. The third kappa shape index (κ3) is 4.86. The molecule has 1 aromatic carbocycles. The Labute approximate surface area is 179 Å². The van der Waals surface area contributed by atoms with Gasteiger partial charge in [-0.25, -0.2) is 4.79 Å². The predicted molar refractivity (Wildman–Crippen MR) is 119 cm³/mol. The van der Waals surface area contributed by atoms with Crippen LogP contribution in [0.1, 0.15) is 57.5 Å². The number of carbonyl (C=O) groups is 2. The molecule has 2 heterocycles. The first-order chi connectivity index (χ1) is 14.1. The number of urea groups is 1. The summed E-state index contributed by atoms with van der Waals surface area (Å²) in [4.78, 5) is 29.8. The molecule has 0 aliphatic carbocycles. The summed E-state index contributed by atoms with van der Waals surface area (Å²) in [6.45, 7) is 13.2. The van der Waals surface area contributed by atoms with Crippen LogP contribution in [-0.4, -0.2) is 51.0 Å². The van der Waals surface area contributed by atoms with Crippen molar-refractivity contribution in [3.8, 4) is 0 Å². The van der Waals surface area contributed by atoms with Gasteiger partial charge >= 0.3 is 6.03 Å². The van der Waals surface area contributed by atoms with Crippen LogP contribution in [-0.2, 0) is 11.3 Å². The van der Waals surface area contributed by atoms with Crippen molar-refractivity contribution in [1.82, 2.24) is 19.7 Å². The Kier molecular flexibility index (Phi) is 6.25. The maximum Gasteiger partial charge on any atom is 0.318 e. The molecule has 0 saturated heterocycles. The highest BCUT2D eigenvalue weighted by atomic mass is 16.2. The summed E-state index contributed by atoms with van der Waals surface area (Å²) in [7, 11) is 0. The summed E-state index contributed by atoms with van der Waals surface area (Å²) < 4.78 is 2.21. The maximum atomic E-state index is 13.5. The van der Waals surface area contributed by atoms with Crippen LogP contribution in [0.5, 0.6) is 0 Å². The molecule has 2 aromatic rings. The highest BCUT2D eigenvalue weighted by molar-refractivity contribution is 5.85. The molecule has 6 nitrogen and oxygen atoms in total. The summed E-state index contributed by atoms with van der Waals surface area (Å²) in [5.74, 6) is -0.0354. The summed E-state index contributed by atoms with van der Waals surface area (Å²) in [6.07, 6.45) is 2.07. The van der Waals surface area contributed by atoms with Crippen molar-refractivity contribution in [2.45, 2.75) is 65.7 Å². The first-order valence-corrected chi connectivity index (χ1v) is 10.7. The topological polar surface area (TPSA) is 57.6 Å². The molecule has 1 aromatic heterocycles. The molecule has 1 atom stereocenters. The number of benzene rings is 1. The van der Waals surface area contributed by atoms with Gasteiger partial charge in [0.15, 0.2) is 0 Å². The number of hydrogen-bond acceptors (Lipinski definition) is 2. The Morgan fingerprint density at radius 3 is 2.53 bits per heavy atom. The quantitative estimate of drug-likeness (QED) is 0.830. The van der Waals surface area contributed by atoms with Gasteiger partial charge in [-0.05, 0) is 59.2 Å². The van der Waals surface area contributed by atoms with E-state index in [0.717, 1.165) is 23.4 Å². The van der Waals surface area contributed by atoms with Crippen molar-refractivity contribution < 1.29 is 9.59 Å². The number of fused-ring (bicyclic) bond motifs is 1. The summed E-state index contributed by atoms with van der Waals surface area (Å²) >= 11 is 0. The molecule has 3 rings (SSSR count). The normalized spacial score (nSPS) is 16.4. The molecule has 1 aliphatic heterocycles. The SMILES string of the molecule is Cc1cccc([C@H]2c3cccn3CCN2C(=O)CN(C(=O)NC(C)(C)C)C(C)C)c1. The van der Waals surface area contributed by atoms with Crippen LogP contribution in [0.3, 0.4) is 0 Å². The van der Waals surface area contributed by atoms with Gasteiger partial charge in [-0.1, -0.05) is 29.8 Å². The number of nitrogens with zero attached hydrogens (tertiary/aromatic N) is 3. The van der Waals surface area contributed by atoms with Gasteiger partial charge in [-0.2, -0.15) is 0 Å². The summed E-state index contributed by atoms with van der Waals surface area (Å²) in [5.41, 5.74) is 3.01. The van der Waals surface area contributed by atoms with Gasteiger partial charge in [0.25, 0.3) is 0 Å². The van der Waals surface area contributed by atoms with Gasteiger partial charge in [0, 0.05) is 36.6 Å². The molecule has 0 spiro atoms. The number of rotatable bonds is 4. The fourth-order valence-electron chi connectivity index (χ4n) is 3.96. The third-order valence-electron chi connectivity index (χ3n) is 5.39.